The Hall–Kier alpha value is -2.15. The number of ether oxygens (including phenoxy) is 1. The number of sulfonamides is 2. The van der Waals surface area contributed by atoms with Crippen molar-refractivity contribution in [2.24, 2.45) is 5.14 Å². The minimum absolute atomic E-state index is 0.158. The molecule has 0 bridgehead atoms. The molecule has 0 heterocycles. The van der Waals surface area contributed by atoms with Crippen molar-refractivity contribution in [3.8, 4) is 5.75 Å². The molecule has 2 aromatic rings. The lowest BCUT2D eigenvalue weighted by atomic mass is 10.2. The van der Waals surface area contributed by atoms with Crippen molar-refractivity contribution < 1.29 is 34.7 Å². The molecule has 0 unspecified atom stereocenters. The number of hydrogen-bond donors (Lipinski definition) is 1. The van der Waals surface area contributed by atoms with E-state index in [0.29, 0.717) is 5.56 Å². The summed E-state index contributed by atoms with van der Waals surface area (Å²) in [4.78, 5) is -0.640. The highest BCUT2D eigenvalue weighted by Gasteiger charge is 2.31. The van der Waals surface area contributed by atoms with Crippen LogP contribution in [0.2, 0.25) is 0 Å². The summed E-state index contributed by atoms with van der Waals surface area (Å²) in [6.45, 7) is -0.158. The van der Waals surface area contributed by atoms with Crippen molar-refractivity contribution in [2.75, 3.05) is 7.05 Å². The molecule has 27 heavy (non-hydrogen) atoms. The average Bonchev–Trinajstić information content (AvgIpc) is 2.54. The molecule has 0 aliphatic carbocycles. The molecule has 0 amide bonds. The quantitative estimate of drug-likeness (QED) is 0.764. The van der Waals surface area contributed by atoms with E-state index in [1.54, 1.807) is 0 Å². The van der Waals surface area contributed by atoms with Crippen LogP contribution in [0.15, 0.2) is 58.3 Å². The second kappa shape index (κ2) is 7.46. The first-order valence-corrected chi connectivity index (χ1v) is 10.2. The molecular weight excluding hydrogens is 409 g/mol. The Bertz CT molecular complexity index is 1020. The summed E-state index contributed by atoms with van der Waals surface area (Å²) in [5.74, 6) is -0.433. The van der Waals surface area contributed by atoms with Crippen molar-refractivity contribution >= 4 is 20.0 Å². The first-order chi connectivity index (χ1) is 12.3. The van der Waals surface area contributed by atoms with Gasteiger partial charge in [-0.25, -0.2) is 22.0 Å². The van der Waals surface area contributed by atoms with Crippen LogP contribution < -0.4 is 9.88 Å². The van der Waals surface area contributed by atoms with E-state index in [0.717, 1.165) is 28.6 Å². The highest BCUT2D eigenvalue weighted by atomic mass is 32.2. The van der Waals surface area contributed by atoms with E-state index in [1.807, 2.05) is 0 Å². The molecule has 0 fully saturated rings. The van der Waals surface area contributed by atoms with Crippen molar-refractivity contribution in [2.45, 2.75) is 22.7 Å². The van der Waals surface area contributed by atoms with E-state index in [4.69, 9.17) is 5.14 Å². The highest BCUT2D eigenvalue weighted by Crippen LogP contribution is 2.24. The Morgan fingerprint density at radius 3 is 2.07 bits per heavy atom. The summed E-state index contributed by atoms with van der Waals surface area (Å²) in [6.07, 6.45) is -4.82. The SMILES string of the molecule is CN(Cc1ccc(OC(F)(F)F)cc1)S(=O)(=O)c1cccc(S(N)(=O)=O)c1. The molecule has 0 aliphatic heterocycles. The summed E-state index contributed by atoms with van der Waals surface area (Å²) in [5.41, 5.74) is 0.401. The van der Waals surface area contributed by atoms with Gasteiger partial charge in [0.05, 0.1) is 9.79 Å². The number of halogens is 3. The second-order valence-electron chi connectivity index (χ2n) is 5.47. The number of alkyl halides is 3. The summed E-state index contributed by atoms with van der Waals surface area (Å²) < 4.78 is 89.1. The first-order valence-electron chi connectivity index (χ1n) is 7.23. The molecule has 0 atom stereocenters. The number of nitrogens with two attached hydrogens (primary N) is 1. The number of primary sulfonamides is 1. The van der Waals surface area contributed by atoms with Gasteiger partial charge in [0, 0.05) is 13.6 Å². The molecular formula is C15H15F3N2O5S2. The number of rotatable bonds is 6. The lowest BCUT2D eigenvalue weighted by Crippen LogP contribution is -2.27. The van der Waals surface area contributed by atoms with Crippen LogP contribution in [0.25, 0.3) is 0 Å². The van der Waals surface area contributed by atoms with Crippen LogP contribution in [0.1, 0.15) is 5.56 Å². The van der Waals surface area contributed by atoms with Gasteiger partial charge in [-0.2, -0.15) is 4.31 Å². The molecule has 0 spiro atoms. The van der Waals surface area contributed by atoms with Crippen LogP contribution in [0.5, 0.6) is 5.75 Å². The predicted octanol–water partition coefficient (Wildman–Crippen LogP) is 2.05. The van der Waals surface area contributed by atoms with E-state index in [1.165, 1.54) is 31.3 Å². The number of hydrogen-bond acceptors (Lipinski definition) is 5. The number of nitrogens with zero attached hydrogens (tertiary/aromatic N) is 1. The molecule has 0 aliphatic rings. The normalized spacial score (nSPS) is 13.0. The Morgan fingerprint density at radius 1 is 1.00 bits per heavy atom. The Morgan fingerprint density at radius 2 is 1.56 bits per heavy atom. The predicted molar refractivity (Wildman–Crippen MR) is 89.6 cm³/mol. The van der Waals surface area contributed by atoms with E-state index in [2.05, 4.69) is 4.74 Å². The standard InChI is InChI=1S/C15H15F3N2O5S2/c1-20(10-11-5-7-12(8-6-11)25-15(16,17)18)27(23,24)14-4-2-3-13(9-14)26(19,21)22/h2-9H,10H2,1H3,(H2,19,21,22). The molecule has 148 valence electrons. The van der Waals surface area contributed by atoms with Gasteiger partial charge in [-0.1, -0.05) is 18.2 Å². The topological polar surface area (TPSA) is 107 Å². The van der Waals surface area contributed by atoms with E-state index in [9.17, 15) is 30.0 Å². The van der Waals surface area contributed by atoms with E-state index < -0.39 is 32.2 Å². The minimum atomic E-state index is -4.82. The maximum atomic E-state index is 12.6. The Kier molecular flexibility index (Phi) is 5.85. The van der Waals surface area contributed by atoms with Crippen molar-refractivity contribution in [1.29, 1.82) is 0 Å². The maximum Gasteiger partial charge on any atom is 0.573 e. The van der Waals surface area contributed by atoms with Gasteiger partial charge in [0.25, 0.3) is 0 Å². The van der Waals surface area contributed by atoms with Gasteiger partial charge >= 0.3 is 6.36 Å². The molecule has 0 saturated heterocycles. The summed E-state index contributed by atoms with van der Waals surface area (Å²) >= 11 is 0. The lowest BCUT2D eigenvalue weighted by molar-refractivity contribution is -0.274. The summed E-state index contributed by atoms with van der Waals surface area (Å²) in [6, 6.07) is 9.23. The van der Waals surface area contributed by atoms with Crippen LogP contribution >= 0.6 is 0 Å². The van der Waals surface area contributed by atoms with Gasteiger partial charge in [-0.05, 0) is 35.9 Å². The fourth-order valence-corrected chi connectivity index (χ4v) is 3.97. The Balaban J connectivity index is 2.21. The number of benzene rings is 2. The van der Waals surface area contributed by atoms with E-state index in [-0.39, 0.29) is 16.3 Å². The van der Waals surface area contributed by atoms with Crippen LogP contribution in [-0.4, -0.2) is 34.6 Å². The van der Waals surface area contributed by atoms with Gasteiger partial charge < -0.3 is 4.74 Å². The summed E-state index contributed by atoms with van der Waals surface area (Å²) in [5, 5.41) is 5.00. The van der Waals surface area contributed by atoms with Gasteiger partial charge in [0.2, 0.25) is 20.0 Å². The zero-order chi connectivity index (χ0) is 20.5. The second-order valence-corrected chi connectivity index (χ2v) is 9.08. The zero-order valence-corrected chi connectivity index (χ0v) is 15.5. The van der Waals surface area contributed by atoms with E-state index >= 15 is 0 Å². The molecule has 0 saturated carbocycles. The molecule has 0 radical (unpaired) electrons. The fraction of sp³-hybridized carbons (Fsp3) is 0.200. The van der Waals surface area contributed by atoms with Crippen LogP contribution in [-0.2, 0) is 26.6 Å². The van der Waals surface area contributed by atoms with Crippen LogP contribution in [0.4, 0.5) is 13.2 Å². The third-order valence-electron chi connectivity index (χ3n) is 3.40. The first kappa shape index (κ1) is 21.2. The third kappa shape index (κ3) is 5.66. The smallest absolute Gasteiger partial charge is 0.406 e. The lowest BCUT2D eigenvalue weighted by Gasteiger charge is -2.18. The monoisotopic (exact) mass is 424 g/mol. The zero-order valence-electron chi connectivity index (χ0n) is 13.8. The van der Waals surface area contributed by atoms with Crippen molar-refractivity contribution in [3.05, 3.63) is 54.1 Å². The van der Waals surface area contributed by atoms with Gasteiger partial charge in [0.15, 0.2) is 0 Å². The third-order valence-corrected chi connectivity index (χ3v) is 6.11. The highest BCUT2D eigenvalue weighted by molar-refractivity contribution is 7.90. The molecule has 2 aromatic carbocycles. The molecule has 2 N–H and O–H groups in total. The molecule has 7 nitrogen and oxygen atoms in total. The minimum Gasteiger partial charge on any atom is -0.406 e. The summed E-state index contributed by atoms with van der Waals surface area (Å²) in [7, 11) is -6.89. The Labute approximate surface area is 154 Å². The molecule has 12 heteroatoms. The van der Waals surface area contributed by atoms with Crippen LogP contribution in [0.3, 0.4) is 0 Å². The van der Waals surface area contributed by atoms with Crippen LogP contribution in [0, 0.1) is 0 Å². The van der Waals surface area contributed by atoms with Crippen molar-refractivity contribution in [1.82, 2.24) is 4.31 Å². The average molecular weight is 424 g/mol. The van der Waals surface area contributed by atoms with Gasteiger partial charge in [-0.15, -0.1) is 13.2 Å². The maximum absolute atomic E-state index is 12.6. The largest absolute Gasteiger partial charge is 0.573 e. The van der Waals surface area contributed by atoms with Gasteiger partial charge in [0.1, 0.15) is 5.75 Å². The van der Waals surface area contributed by atoms with Gasteiger partial charge in [-0.3, -0.25) is 0 Å². The van der Waals surface area contributed by atoms with Crippen molar-refractivity contribution in [3.63, 3.8) is 0 Å². The fourth-order valence-electron chi connectivity index (χ4n) is 2.13. The molecule has 0 aromatic heterocycles. The molecule has 2 rings (SSSR count).